The molecule has 0 radical (unpaired) electrons. The fourth-order valence-corrected chi connectivity index (χ4v) is 3.04. The predicted molar refractivity (Wildman–Crippen MR) is 65.6 cm³/mol. The van der Waals surface area contributed by atoms with Crippen LogP contribution in [0.1, 0.15) is 28.8 Å². The summed E-state index contributed by atoms with van der Waals surface area (Å²) in [5.41, 5.74) is 2.10. The highest BCUT2D eigenvalue weighted by Gasteiger charge is 2.22. The van der Waals surface area contributed by atoms with Gasteiger partial charge in [0.2, 0.25) is 0 Å². The Morgan fingerprint density at radius 1 is 1.33 bits per heavy atom. The van der Waals surface area contributed by atoms with Crippen LogP contribution in [0.2, 0.25) is 0 Å². The molecule has 0 saturated carbocycles. The van der Waals surface area contributed by atoms with Crippen LogP contribution >= 0.6 is 11.8 Å². The average molecular weight is 220 g/mol. The van der Waals surface area contributed by atoms with Crippen molar-refractivity contribution in [3.05, 3.63) is 35.4 Å². The van der Waals surface area contributed by atoms with Crippen molar-refractivity contribution in [2.24, 2.45) is 5.92 Å². The Hall–Kier alpha value is -0.760. The fourth-order valence-electron chi connectivity index (χ4n) is 1.90. The quantitative estimate of drug-likeness (QED) is 0.711. The third kappa shape index (κ3) is 2.63. The van der Waals surface area contributed by atoms with Crippen molar-refractivity contribution in [3.63, 3.8) is 0 Å². The molecule has 2 rings (SSSR count). The van der Waals surface area contributed by atoms with Crippen LogP contribution in [0.15, 0.2) is 24.3 Å². The molecule has 0 spiro atoms. The van der Waals surface area contributed by atoms with Gasteiger partial charge < -0.3 is 0 Å². The van der Waals surface area contributed by atoms with Crippen molar-refractivity contribution in [2.45, 2.75) is 19.8 Å². The Morgan fingerprint density at radius 3 is 2.67 bits per heavy atom. The summed E-state index contributed by atoms with van der Waals surface area (Å²) in [7, 11) is 0. The Balaban J connectivity index is 2.09. The van der Waals surface area contributed by atoms with E-state index in [9.17, 15) is 4.79 Å². The number of benzene rings is 1. The second kappa shape index (κ2) is 4.84. The summed E-state index contributed by atoms with van der Waals surface area (Å²) < 4.78 is 0. The number of hydrogen-bond acceptors (Lipinski definition) is 2. The van der Waals surface area contributed by atoms with E-state index in [0.29, 0.717) is 5.78 Å². The standard InChI is InChI=1S/C13H16OS/c1-10-4-6-11(7-5-10)13(14)12-3-2-8-15-9-12/h4-7,12H,2-3,8-9H2,1H3. The molecule has 0 aliphatic carbocycles. The molecule has 1 aromatic carbocycles. The molecule has 0 N–H and O–H groups in total. The van der Waals surface area contributed by atoms with Gasteiger partial charge in [-0.25, -0.2) is 0 Å². The molecule has 2 heteroatoms. The van der Waals surface area contributed by atoms with Gasteiger partial charge in [-0.2, -0.15) is 11.8 Å². The molecule has 1 aromatic rings. The highest BCUT2D eigenvalue weighted by atomic mass is 32.2. The molecule has 1 heterocycles. The number of rotatable bonds is 2. The summed E-state index contributed by atoms with van der Waals surface area (Å²) in [5.74, 6) is 2.82. The first-order chi connectivity index (χ1) is 7.27. The van der Waals surface area contributed by atoms with Crippen LogP contribution in [-0.2, 0) is 0 Å². The van der Waals surface area contributed by atoms with E-state index in [1.807, 2.05) is 43.0 Å². The summed E-state index contributed by atoms with van der Waals surface area (Å²) in [4.78, 5) is 12.1. The summed E-state index contributed by atoms with van der Waals surface area (Å²) >= 11 is 1.91. The van der Waals surface area contributed by atoms with Crippen LogP contribution in [0.25, 0.3) is 0 Å². The second-order valence-corrected chi connectivity index (χ2v) is 5.29. The molecule has 1 aliphatic rings. The van der Waals surface area contributed by atoms with Gasteiger partial charge >= 0.3 is 0 Å². The monoisotopic (exact) mass is 220 g/mol. The van der Waals surface area contributed by atoms with E-state index >= 15 is 0 Å². The number of carbonyl (C=O) groups is 1. The van der Waals surface area contributed by atoms with Gasteiger partial charge in [-0.15, -0.1) is 0 Å². The van der Waals surface area contributed by atoms with Crippen LogP contribution in [0.3, 0.4) is 0 Å². The van der Waals surface area contributed by atoms with Crippen LogP contribution in [0.5, 0.6) is 0 Å². The summed E-state index contributed by atoms with van der Waals surface area (Å²) in [6.07, 6.45) is 2.26. The molecule has 1 saturated heterocycles. The van der Waals surface area contributed by atoms with E-state index in [2.05, 4.69) is 0 Å². The van der Waals surface area contributed by atoms with Gasteiger partial charge in [0.05, 0.1) is 0 Å². The van der Waals surface area contributed by atoms with Crippen molar-refractivity contribution in [1.82, 2.24) is 0 Å². The molecule has 1 nitrogen and oxygen atoms in total. The summed E-state index contributed by atoms with van der Waals surface area (Å²) in [5, 5.41) is 0. The lowest BCUT2D eigenvalue weighted by molar-refractivity contribution is 0.0925. The lowest BCUT2D eigenvalue weighted by atomic mass is 9.94. The summed E-state index contributed by atoms with van der Waals surface area (Å²) in [6.45, 7) is 2.05. The smallest absolute Gasteiger partial charge is 0.166 e. The highest BCUT2D eigenvalue weighted by Crippen LogP contribution is 2.25. The van der Waals surface area contributed by atoms with Gasteiger partial charge in [0, 0.05) is 17.2 Å². The molecule has 1 fully saturated rings. The Labute approximate surface area is 95.3 Å². The van der Waals surface area contributed by atoms with E-state index in [1.54, 1.807) is 0 Å². The van der Waals surface area contributed by atoms with E-state index in [1.165, 1.54) is 17.7 Å². The number of carbonyl (C=O) groups excluding carboxylic acids is 1. The van der Waals surface area contributed by atoms with Gasteiger partial charge in [-0.3, -0.25) is 4.79 Å². The minimum atomic E-state index is 0.256. The average Bonchev–Trinajstić information content (AvgIpc) is 2.30. The molecular weight excluding hydrogens is 204 g/mol. The molecule has 1 atom stereocenters. The molecule has 0 bridgehead atoms. The van der Waals surface area contributed by atoms with Crippen LogP contribution in [0.4, 0.5) is 0 Å². The number of Topliss-reactive ketones (excluding diaryl/α,β-unsaturated/α-hetero) is 1. The van der Waals surface area contributed by atoms with Crippen molar-refractivity contribution in [2.75, 3.05) is 11.5 Å². The van der Waals surface area contributed by atoms with E-state index in [4.69, 9.17) is 0 Å². The van der Waals surface area contributed by atoms with Gasteiger partial charge in [0.1, 0.15) is 0 Å². The first kappa shape index (κ1) is 10.7. The molecule has 1 unspecified atom stereocenters. The number of ketones is 1. The Kier molecular flexibility index (Phi) is 3.47. The zero-order chi connectivity index (χ0) is 10.7. The number of hydrogen-bond donors (Lipinski definition) is 0. The van der Waals surface area contributed by atoms with Crippen molar-refractivity contribution >= 4 is 17.5 Å². The highest BCUT2D eigenvalue weighted by molar-refractivity contribution is 7.99. The summed E-state index contributed by atoms with van der Waals surface area (Å²) in [6, 6.07) is 7.94. The largest absolute Gasteiger partial charge is 0.294 e. The van der Waals surface area contributed by atoms with Crippen LogP contribution < -0.4 is 0 Å². The molecule has 15 heavy (non-hydrogen) atoms. The maximum Gasteiger partial charge on any atom is 0.166 e. The molecule has 0 amide bonds. The van der Waals surface area contributed by atoms with Crippen LogP contribution in [-0.4, -0.2) is 17.3 Å². The lowest BCUT2D eigenvalue weighted by Gasteiger charge is -2.19. The van der Waals surface area contributed by atoms with Gasteiger partial charge in [0.15, 0.2) is 5.78 Å². The zero-order valence-electron chi connectivity index (χ0n) is 9.03. The SMILES string of the molecule is Cc1ccc(C(=O)C2CCCSC2)cc1. The maximum atomic E-state index is 12.1. The van der Waals surface area contributed by atoms with E-state index in [0.717, 1.165) is 17.7 Å². The van der Waals surface area contributed by atoms with Gasteiger partial charge in [-0.05, 0) is 25.5 Å². The lowest BCUT2D eigenvalue weighted by Crippen LogP contribution is -2.20. The van der Waals surface area contributed by atoms with E-state index < -0.39 is 0 Å². The van der Waals surface area contributed by atoms with Crippen molar-refractivity contribution in [3.8, 4) is 0 Å². The zero-order valence-corrected chi connectivity index (χ0v) is 9.85. The third-order valence-corrected chi connectivity index (χ3v) is 4.08. The first-order valence-corrected chi connectivity index (χ1v) is 6.61. The van der Waals surface area contributed by atoms with Crippen molar-refractivity contribution in [1.29, 1.82) is 0 Å². The number of thioether (sulfide) groups is 1. The van der Waals surface area contributed by atoms with Gasteiger partial charge in [0.25, 0.3) is 0 Å². The Bertz CT molecular complexity index is 336. The minimum absolute atomic E-state index is 0.256. The Morgan fingerprint density at radius 2 is 2.07 bits per heavy atom. The van der Waals surface area contributed by atoms with Crippen LogP contribution in [0, 0.1) is 12.8 Å². The fraction of sp³-hybridized carbons (Fsp3) is 0.462. The molecule has 0 aromatic heterocycles. The van der Waals surface area contributed by atoms with Gasteiger partial charge in [-0.1, -0.05) is 29.8 Å². The molecule has 80 valence electrons. The normalized spacial score (nSPS) is 21.3. The number of aryl methyl sites for hydroxylation is 1. The van der Waals surface area contributed by atoms with E-state index in [-0.39, 0.29) is 5.92 Å². The minimum Gasteiger partial charge on any atom is -0.294 e. The van der Waals surface area contributed by atoms with Crippen molar-refractivity contribution < 1.29 is 4.79 Å². The second-order valence-electron chi connectivity index (χ2n) is 4.14. The third-order valence-electron chi connectivity index (χ3n) is 2.87. The predicted octanol–water partition coefficient (Wildman–Crippen LogP) is 3.32. The maximum absolute atomic E-state index is 12.1. The first-order valence-electron chi connectivity index (χ1n) is 5.46. The molecular formula is C13H16OS. The molecule has 1 aliphatic heterocycles. The topological polar surface area (TPSA) is 17.1 Å².